The maximum atomic E-state index is 12.7. The van der Waals surface area contributed by atoms with Gasteiger partial charge >= 0.3 is 0 Å². The van der Waals surface area contributed by atoms with Crippen LogP contribution in [0.2, 0.25) is 0 Å². The Morgan fingerprint density at radius 1 is 1.12 bits per heavy atom. The molecular formula is C20H26N2O3S. The van der Waals surface area contributed by atoms with Gasteiger partial charge in [-0.2, -0.15) is 0 Å². The van der Waals surface area contributed by atoms with Crippen molar-refractivity contribution in [2.45, 2.75) is 38.5 Å². The summed E-state index contributed by atoms with van der Waals surface area (Å²) in [7, 11) is -2.04. The van der Waals surface area contributed by atoms with Crippen LogP contribution in [0.4, 0.5) is 5.69 Å². The molecule has 0 unspecified atom stereocenters. The van der Waals surface area contributed by atoms with Crippen molar-refractivity contribution in [3.8, 4) is 0 Å². The Balaban J connectivity index is 2.28. The molecule has 0 saturated heterocycles. The molecule has 140 valence electrons. The van der Waals surface area contributed by atoms with E-state index in [1.165, 1.54) is 12.1 Å². The number of rotatable bonds is 7. The highest BCUT2D eigenvalue weighted by Gasteiger charge is 2.19. The third kappa shape index (κ3) is 4.64. The molecule has 6 heteroatoms. The van der Waals surface area contributed by atoms with E-state index in [9.17, 15) is 13.2 Å². The van der Waals surface area contributed by atoms with Crippen molar-refractivity contribution in [3.05, 3.63) is 59.2 Å². The van der Waals surface area contributed by atoms with E-state index in [2.05, 4.69) is 11.6 Å². The minimum Gasteiger partial charge on any atom is -0.342 e. The highest BCUT2D eigenvalue weighted by Crippen LogP contribution is 2.22. The SMILES string of the molecule is CCCCN(C)C(=O)c1cccc(S(=O)(=O)Nc2cccc(C)c2C)c1. The third-order valence-corrected chi connectivity index (χ3v) is 5.80. The van der Waals surface area contributed by atoms with E-state index in [-0.39, 0.29) is 10.8 Å². The fourth-order valence-electron chi connectivity index (χ4n) is 2.58. The molecular weight excluding hydrogens is 348 g/mol. The van der Waals surface area contributed by atoms with Gasteiger partial charge in [-0.05, 0) is 55.7 Å². The Morgan fingerprint density at radius 3 is 2.50 bits per heavy atom. The smallest absolute Gasteiger partial charge is 0.261 e. The molecule has 0 radical (unpaired) electrons. The number of carbonyl (C=O) groups is 1. The summed E-state index contributed by atoms with van der Waals surface area (Å²) >= 11 is 0. The number of nitrogens with one attached hydrogen (secondary N) is 1. The van der Waals surface area contributed by atoms with Crippen LogP contribution in [0, 0.1) is 13.8 Å². The molecule has 0 saturated carbocycles. The largest absolute Gasteiger partial charge is 0.342 e. The van der Waals surface area contributed by atoms with Crippen molar-refractivity contribution in [1.29, 1.82) is 0 Å². The number of amides is 1. The van der Waals surface area contributed by atoms with E-state index in [0.29, 0.717) is 17.8 Å². The summed E-state index contributed by atoms with van der Waals surface area (Å²) in [5.74, 6) is -0.178. The van der Waals surface area contributed by atoms with Crippen LogP contribution in [-0.2, 0) is 10.0 Å². The molecule has 0 aromatic heterocycles. The second-order valence-corrected chi connectivity index (χ2v) is 8.14. The summed E-state index contributed by atoms with van der Waals surface area (Å²) in [5.41, 5.74) is 2.79. The van der Waals surface area contributed by atoms with Crippen LogP contribution in [0.5, 0.6) is 0 Å². The van der Waals surface area contributed by atoms with Crippen LogP contribution in [0.3, 0.4) is 0 Å². The Hall–Kier alpha value is -2.34. The first-order valence-electron chi connectivity index (χ1n) is 8.71. The zero-order chi connectivity index (χ0) is 19.3. The van der Waals surface area contributed by atoms with Crippen molar-refractivity contribution in [1.82, 2.24) is 4.90 Å². The van der Waals surface area contributed by atoms with E-state index >= 15 is 0 Å². The van der Waals surface area contributed by atoms with Gasteiger partial charge in [0.05, 0.1) is 10.6 Å². The topological polar surface area (TPSA) is 66.5 Å². The first-order chi connectivity index (χ1) is 12.3. The molecule has 0 fully saturated rings. The molecule has 1 amide bonds. The first-order valence-corrected chi connectivity index (χ1v) is 10.2. The minimum absolute atomic E-state index is 0.0770. The molecule has 2 rings (SSSR count). The van der Waals surface area contributed by atoms with Gasteiger partial charge < -0.3 is 4.90 Å². The van der Waals surface area contributed by atoms with Crippen LogP contribution in [0.15, 0.2) is 47.4 Å². The van der Waals surface area contributed by atoms with E-state index < -0.39 is 10.0 Å². The predicted octanol–water partition coefficient (Wildman–Crippen LogP) is 3.98. The maximum absolute atomic E-state index is 12.7. The lowest BCUT2D eigenvalue weighted by Gasteiger charge is -2.17. The second-order valence-electron chi connectivity index (χ2n) is 6.46. The molecule has 2 aromatic rings. The van der Waals surface area contributed by atoms with Gasteiger partial charge in [-0.25, -0.2) is 8.42 Å². The fraction of sp³-hybridized carbons (Fsp3) is 0.350. The van der Waals surface area contributed by atoms with Gasteiger partial charge in [-0.3, -0.25) is 9.52 Å². The Kier molecular flexibility index (Phi) is 6.42. The lowest BCUT2D eigenvalue weighted by Crippen LogP contribution is -2.28. The van der Waals surface area contributed by atoms with E-state index in [0.717, 1.165) is 24.0 Å². The molecule has 0 aliphatic carbocycles. The molecule has 0 aliphatic heterocycles. The van der Waals surface area contributed by atoms with Crippen molar-refractivity contribution < 1.29 is 13.2 Å². The van der Waals surface area contributed by atoms with Crippen LogP contribution < -0.4 is 4.72 Å². The summed E-state index contributed by atoms with van der Waals surface area (Å²) in [6.45, 7) is 6.51. The maximum Gasteiger partial charge on any atom is 0.261 e. The summed E-state index contributed by atoms with van der Waals surface area (Å²) < 4.78 is 28.1. The molecule has 1 N–H and O–H groups in total. The van der Waals surface area contributed by atoms with E-state index in [1.807, 2.05) is 26.0 Å². The molecule has 2 aromatic carbocycles. The molecule has 0 aliphatic rings. The van der Waals surface area contributed by atoms with Crippen molar-refractivity contribution in [2.24, 2.45) is 0 Å². The number of hydrogen-bond acceptors (Lipinski definition) is 3. The van der Waals surface area contributed by atoms with Crippen molar-refractivity contribution in [2.75, 3.05) is 18.3 Å². The molecule has 5 nitrogen and oxygen atoms in total. The quantitative estimate of drug-likeness (QED) is 0.797. The Bertz CT molecular complexity index is 892. The summed E-state index contributed by atoms with van der Waals surface area (Å²) in [6, 6.07) is 11.6. The van der Waals surface area contributed by atoms with Crippen LogP contribution in [0.25, 0.3) is 0 Å². The van der Waals surface area contributed by atoms with Crippen LogP contribution in [0.1, 0.15) is 41.3 Å². The lowest BCUT2D eigenvalue weighted by atomic mass is 10.1. The molecule has 0 atom stereocenters. The van der Waals surface area contributed by atoms with Gasteiger partial charge in [-0.15, -0.1) is 0 Å². The lowest BCUT2D eigenvalue weighted by molar-refractivity contribution is 0.0793. The standard InChI is InChI=1S/C20H26N2O3S/c1-5-6-13-22(4)20(23)17-10-8-11-18(14-17)26(24,25)21-19-12-7-9-15(2)16(19)3/h7-12,14,21H,5-6,13H2,1-4H3. The monoisotopic (exact) mass is 374 g/mol. The minimum atomic E-state index is -3.77. The normalized spacial score (nSPS) is 11.2. The number of carbonyl (C=O) groups excluding carboxylic acids is 1. The number of anilines is 1. The van der Waals surface area contributed by atoms with Crippen molar-refractivity contribution >= 4 is 21.6 Å². The van der Waals surface area contributed by atoms with Gasteiger partial charge in [0.1, 0.15) is 0 Å². The molecule has 0 bridgehead atoms. The zero-order valence-electron chi connectivity index (χ0n) is 15.7. The summed E-state index contributed by atoms with van der Waals surface area (Å²) in [5, 5.41) is 0. The highest BCUT2D eigenvalue weighted by molar-refractivity contribution is 7.92. The Labute approximate surface area is 156 Å². The van der Waals surface area contributed by atoms with Gasteiger partial charge in [0.15, 0.2) is 0 Å². The number of hydrogen-bond donors (Lipinski definition) is 1. The number of sulfonamides is 1. The predicted molar refractivity (Wildman–Crippen MR) is 105 cm³/mol. The molecule has 0 spiro atoms. The first kappa shape index (κ1) is 20.0. The molecule has 0 heterocycles. The molecule has 26 heavy (non-hydrogen) atoms. The van der Waals surface area contributed by atoms with Gasteiger partial charge in [0.25, 0.3) is 15.9 Å². The Morgan fingerprint density at radius 2 is 1.81 bits per heavy atom. The van der Waals surface area contributed by atoms with Gasteiger partial charge in [0, 0.05) is 19.2 Å². The van der Waals surface area contributed by atoms with Crippen molar-refractivity contribution in [3.63, 3.8) is 0 Å². The number of nitrogens with zero attached hydrogens (tertiary/aromatic N) is 1. The van der Waals surface area contributed by atoms with E-state index in [4.69, 9.17) is 0 Å². The number of aryl methyl sites for hydroxylation is 1. The average Bonchev–Trinajstić information content (AvgIpc) is 2.63. The number of unbranched alkanes of at least 4 members (excludes halogenated alkanes) is 1. The highest BCUT2D eigenvalue weighted by atomic mass is 32.2. The second kappa shape index (κ2) is 8.36. The summed E-state index contributed by atoms with van der Waals surface area (Å²) in [4.78, 5) is 14.2. The number of benzene rings is 2. The zero-order valence-corrected chi connectivity index (χ0v) is 16.6. The van der Waals surface area contributed by atoms with Gasteiger partial charge in [-0.1, -0.05) is 31.5 Å². The van der Waals surface area contributed by atoms with Crippen LogP contribution in [-0.4, -0.2) is 32.8 Å². The van der Waals surface area contributed by atoms with Crippen LogP contribution >= 0.6 is 0 Å². The van der Waals surface area contributed by atoms with Gasteiger partial charge in [0.2, 0.25) is 0 Å². The summed E-state index contributed by atoms with van der Waals surface area (Å²) in [6.07, 6.45) is 1.90. The fourth-order valence-corrected chi connectivity index (χ4v) is 3.75. The third-order valence-electron chi connectivity index (χ3n) is 4.43. The average molecular weight is 375 g/mol. The van der Waals surface area contributed by atoms with E-state index in [1.54, 1.807) is 30.1 Å².